The summed E-state index contributed by atoms with van der Waals surface area (Å²) in [6, 6.07) is 12.5. The van der Waals surface area contributed by atoms with Crippen molar-refractivity contribution >= 4 is 17.4 Å². The highest BCUT2D eigenvalue weighted by Gasteiger charge is 2.45. The quantitative estimate of drug-likeness (QED) is 0.335. The highest BCUT2D eigenvalue weighted by atomic mass is 16.5. The van der Waals surface area contributed by atoms with Crippen molar-refractivity contribution in [3.8, 4) is 5.75 Å². The van der Waals surface area contributed by atoms with E-state index in [1.807, 2.05) is 51.1 Å². The topological polar surface area (TPSA) is 66.8 Å². The zero-order valence-electron chi connectivity index (χ0n) is 19.6. The lowest BCUT2D eigenvalue weighted by Gasteiger charge is -2.25. The van der Waals surface area contributed by atoms with Gasteiger partial charge in [0.05, 0.1) is 18.2 Å². The second-order valence-corrected chi connectivity index (χ2v) is 8.95. The number of unbranched alkanes of at least 4 members (excludes halogenated alkanes) is 1. The van der Waals surface area contributed by atoms with Crippen LogP contribution in [0.3, 0.4) is 0 Å². The van der Waals surface area contributed by atoms with Gasteiger partial charge < -0.3 is 14.7 Å². The van der Waals surface area contributed by atoms with Gasteiger partial charge in [0.15, 0.2) is 0 Å². The maximum atomic E-state index is 13.1. The third-order valence-electron chi connectivity index (χ3n) is 5.67. The minimum Gasteiger partial charge on any atom is -0.507 e. The summed E-state index contributed by atoms with van der Waals surface area (Å²) in [5.74, 6) is -0.194. The Hall–Kier alpha value is -3.08. The highest BCUT2D eigenvalue weighted by molar-refractivity contribution is 6.46. The van der Waals surface area contributed by atoms with Crippen molar-refractivity contribution in [1.29, 1.82) is 0 Å². The number of carbonyl (C=O) groups excluding carboxylic acids is 2. The average Bonchev–Trinajstić information content (AvgIpc) is 3.01. The van der Waals surface area contributed by atoms with Gasteiger partial charge in [-0.1, -0.05) is 57.0 Å². The van der Waals surface area contributed by atoms with Crippen molar-refractivity contribution in [3.63, 3.8) is 0 Å². The Morgan fingerprint density at radius 3 is 2.50 bits per heavy atom. The summed E-state index contributed by atoms with van der Waals surface area (Å²) in [5.41, 5.74) is 3.38. The molecule has 2 aromatic rings. The summed E-state index contributed by atoms with van der Waals surface area (Å²) in [4.78, 5) is 27.6. The van der Waals surface area contributed by atoms with Crippen LogP contribution in [0, 0.1) is 19.8 Å². The molecule has 1 amide bonds. The van der Waals surface area contributed by atoms with Gasteiger partial charge in [0.1, 0.15) is 11.5 Å². The molecule has 1 aliphatic rings. The maximum Gasteiger partial charge on any atom is 0.295 e. The molecule has 1 atom stereocenters. The molecule has 2 aromatic carbocycles. The van der Waals surface area contributed by atoms with Gasteiger partial charge in [0.25, 0.3) is 11.7 Å². The van der Waals surface area contributed by atoms with Crippen molar-refractivity contribution in [3.05, 3.63) is 70.3 Å². The molecule has 170 valence electrons. The van der Waals surface area contributed by atoms with Crippen LogP contribution in [0.4, 0.5) is 0 Å². The molecule has 0 bridgehead atoms. The molecular formula is C27H33NO4. The van der Waals surface area contributed by atoms with Crippen LogP contribution >= 0.6 is 0 Å². The summed E-state index contributed by atoms with van der Waals surface area (Å²) >= 11 is 0. The molecule has 0 aromatic heterocycles. The zero-order chi connectivity index (χ0) is 23.4. The van der Waals surface area contributed by atoms with Crippen molar-refractivity contribution in [1.82, 2.24) is 4.90 Å². The molecule has 1 saturated heterocycles. The first-order valence-electron chi connectivity index (χ1n) is 11.3. The Morgan fingerprint density at radius 1 is 1.12 bits per heavy atom. The predicted octanol–water partition coefficient (Wildman–Crippen LogP) is 5.56. The maximum absolute atomic E-state index is 13.1. The van der Waals surface area contributed by atoms with Gasteiger partial charge in [-0.25, -0.2) is 0 Å². The molecule has 0 radical (unpaired) electrons. The van der Waals surface area contributed by atoms with Gasteiger partial charge in [0.2, 0.25) is 0 Å². The van der Waals surface area contributed by atoms with Gasteiger partial charge in [-0.2, -0.15) is 0 Å². The van der Waals surface area contributed by atoms with E-state index < -0.39 is 17.7 Å². The molecule has 5 heteroatoms. The molecule has 1 aliphatic heterocycles. The number of hydrogen-bond acceptors (Lipinski definition) is 4. The molecule has 3 rings (SSSR count). The Morgan fingerprint density at radius 2 is 1.88 bits per heavy atom. The van der Waals surface area contributed by atoms with Crippen LogP contribution in [0.1, 0.15) is 61.9 Å². The van der Waals surface area contributed by atoms with Crippen LogP contribution in [0.25, 0.3) is 5.76 Å². The van der Waals surface area contributed by atoms with Crippen LogP contribution in [0.15, 0.2) is 48.0 Å². The Kier molecular flexibility index (Phi) is 7.39. The first-order valence-corrected chi connectivity index (χ1v) is 11.3. The monoisotopic (exact) mass is 435 g/mol. The van der Waals surface area contributed by atoms with Crippen LogP contribution in [-0.4, -0.2) is 34.8 Å². The summed E-state index contributed by atoms with van der Waals surface area (Å²) in [5, 5.41) is 11.2. The van der Waals surface area contributed by atoms with E-state index >= 15 is 0 Å². The van der Waals surface area contributed by atoms with Gasteiger partial charge in [-0.05, 0) is 55.5 Å². The Labute approximate surface area is 190 Å². The second kappa shape index (κ2) is 10.0. The van der Waals surface area contributed by atoms with E-state index in [9.17, 15) is 14.7 Å². The van der Waals surface area contributed by atoms with Crippen LogP contribution < -0.4 is 4.74 Å². The summed E-state index contributed by atoms with van der Waals surface area (Å²) < 4.78 is 5.83. The number of aliphatic hydroxyl groups is 1. The van der Waals surface area contributed by atoms with Crippen molar-refractivity contribution < 1.29 is 19.4 Å². The van der Waals surface area contributed by atoms with Crippen LogP contribution in [0.5, 0.6) is 5.75 Å². The molecular weight excluding hydrogens is 402 g/mol. The standard InChI is InChI=1S/C27H33NO4/c1-6-7-13-28-24(20-10-8-9-18(4)14-20)23(26(30)27(28)31)25(29)21-11-12-22(19(5)15-21)32-16-17(2)3/h8-12,14-15,17,24,29H,6-7,13,16H2,1-5H3/b25-23-. The molecule has 0 saturated carbocycles. The number of rotatable bonds is 8. The molecule has 32 heavy (non-hydrogen) atoms. The first-order chi connectivity index (χ1) is 15.2. The molecule has 0 aliphatic carbocycles. The third-order valence-corrected chi connectivity index (χ3v) is 5.67. The van der Waals surface area contributed by atoms with Crippen LogP contribution in [0.2, 0.25) is 0 Å². The molecule has 1 unspecified atom stereocenters. The average molecular weight is 436 g/mol. The number of benzene rings is 2. The van der Waals surface area contributed by atoms with Crippen molar-refractivity contribution in [2.75, 3.05) is 13.2 Å². The molecule has 1 heterocycles. The zero-order valence-corrected chi connectivity index (χ0v) is 19.6. The lowest BCUT2D eigenvalue weighted by Crippen LogP contribution is -2.30. The predicted molar refractivity (Wildman–Crippen MR) is 127 cm³/mol. The fraction of sp³-hybridized carbons (Fsp3) is 0.407. The normalized spacial score (nSPS) is 17.9. The van der Waals surface area contributed by atoms with E-state index in [-0.39, 0.29) is 11.3 Å². The number of ketones is 1. The van der Waals surface area contributed by atoms with Gasteiger partial charge in [0, 0.05) is 12.1 Å². The number of carbonyl (C=O) groups is 2. The molecule has 5 nitrogen and oxygen atoms in total. The summed E-state index contributed by atoms with van der Waals surface area (Å²) in [6.07, 6.45) is 1.69. The second-order valence-electron chi connectivity index (χ2n) is 8.95. The van der Waals surface area contributed by atoms with Crippen molar-refractivity contribution in [2.24, 2.45) is 5.92 Å². The van der Waals surface area contributed by atoms with Gasteiger partial charge in [-0.3, -0.25) is 9.59 Å². The van der Waals surface area contributed by atoms with E-state index in [1.54, 1.807) is 17.0 Å². The van der Waals surface area contributed by atoms with E-state index in [0.29, 0.717) is 24.6 Å². The minimum absolute atomic E-state index is 0.145. The molecule has 1 N–H and O–H groups in total. The number of nitrogens with zero attached hydrogens (tertiary/aromatic N) is 1. The number of likely N-dealkylation sites (tertiary alicyclic amines) is 1. The van der Waals surface area contributed by atoms with Gasteiger partial charge in [-0.15, -0.1) is 0 Å². The SMILES string of the molecule is CCCCN1C(=O)C(=O)/C(=C(\O)c2ccc(OCC(C)C)c(C)c2)C1c1cccc(C)c1. The third kappa shape index (κ3) is 4.87. The first kappa shape index (κ1) is 23.6. The smallest absolute Gasteiger partial charge is 0.295 e. The van der Waals surface area contributed by atoms with E-state index in [0.717, 1.165) is 35.3 Å². The number of Topliss-reactive ketones (excluding diaryl/α,β-unsaturated/α-hetero) is 1. The lowest BCUT2D eigenvalue weighted by molar-refractivity contribution is -0.139. The number of amides is 1. The Balaban J connectivity index is 2.08. The fourth-order valence-corrected chi connectivity index (χ4v) is 4.00. The Bertz CT molecular complexity index is 1040. The number of hydrogen-bond donors (Lipinski definition) is 1. The molecule has 1 fully saturated rings. The van der Waals surface area contributed by atoms with Gasteiger partial charge >= 0.3 is 0 Å². The van der Waals surface area contributed by atoms with E-state index in [2.05, 4.69) is 13.8 Å². The fourth-order valence-electron chi connectivity index (χ4n) is 4.00. The highest BCUT2D eigenvalue weighted by Crippen LogP contribution is 2.40. The van der Waals surface area contributed by atoms with E-state index in [4.69, 9.17) is 4.74 Å². The number of aryl methyl sites for hydroxylation is 2. The summed E-state index contributed by atoms with van der Waals surface area (Å²) in [7, 11) is 0. The number of aliphatic hydroxyl groups excluding tert-OH is 1. The lowest BCUT2D eigenvalue weighted by atomic mass is 9.94. The van der Waals surface area contributed by atoms with E-state index in [1.165, 1.54) is 0 Å². The molecule has 0 spiro atoms. The number of ether oxygens (including phenoxy) is 1. The van der Waals surface area contributed by atoms with Crippen LogP contribution in [-0.2, 0) is 9.59 Å². The largest absolute Gasteiger partial charge is 0.507 e. The minimum atomic E-state index is -0.636. The summed E-state index contributed by atoms with van der Waals surface area (Å²) in [6.45, 7) is 11.2. The van der Waals surface area contributed by atoms with Crippen molar-refractivity contribution in [2.45, 2.75) is 53.5 Å².